The third-order valence-electron chi connectivity index (χ3n) is 4.22. The van der Waals surface area contributed by atoms with E-state index < -0.39 is 11.8 Å². The molecule has 3 N–H and O–H groups in total. The third kappa shape index (κ3) is 5.14. The Hall–Kier alpha value is -3.42. The molecule has 0 aliphatic rings. The number of carbonyl (C=O) groups excluding carboxylic acids is 2. The Morgan fingerprint density at radius 3 is 2.70 bits per heavy atom. The Balaban J connectivity index is 1.90. The second-order valence-corrected chi connectivity index (χ2v) is 6.71. The molecule has 0 atom stereocenters. The minimum Gasteiger partial charge on any atom is -0.457 e. The summed E-state index contributed by atoms with van der Waals surface area (Å²) in [6.45, 7) is 1.63. The molecule has 0 radical (unpaired) electrons. The Morgan fingerprint density at radius 2 is 1.97 bits per heavy atom. The number of hydrogen-bond acceptors (Lipinski definition) is 5. The molecular weight excluding hydrogens is 406 g/mol. The highest BCUT2D eigenvalue weighted by Gasteiger charge is 2.17. The molecule has 0 spiro atoms. The molecule has 0 unspecified atom stereocenters. The lowest BCUT2D eigenvalue weighted by Gasteiger charge is -2.11. The van der Waals surface area contributed by atoms with E-state index >= 15 is 0 Å². The number of nitrogens with one attached hydrogen (secondary N) is 2. The summed E-state index contributed by atoms with van der Waals surface area (Å²) < 4.78 is 5.77. The normalized spacial score (nSPS) is 11.2. The van der Waals surface area contributed by atoms with Crippen LogP contribution in [0.2, 0.25) is 5.15 Å². The van der Waals surface area contributed by atoms with E-state index in [-0.39, 0.29) is 24.0 Å². The van der Waals surface area contributed by atoms with Crippen molar-refractivity contribution >= 4 is 29.5 Å². The third-order valence-corrected chi connectivity index (χ3v) is 4.52. The molecule has 0 saturated carbocycles. The van der Waals surface area contributed by atoms with Gasteiger partial charge in [0.2, 0.25) is 0 Å². The van der Waals surface area contributed by atoms with Crippen LogP contribution in [-0.4, -0.2) is 35.1 Å². The number of pyridine rings is 1. The van der Waals surface area contributed by atoms with E-state index in [1.54, 1.807) is 55.6 Å². The molecule has 154 valence electrons. The van der Waals surface area contributed by atoms with E-state index in [1.807, 2.05) is 6.07 Å². The Bertz CT molecular complexity index is 1090. The predicted molar refractivity (Wildman–Crippen MR) is 114 cm³/mol. The number of rotatable bonds is 7. The maximum Gasteiger partial charge on any atom is 0.268 e. The van der Waals surface area contributed by atoms with Gasteiger partial charge in [0.15, 0.2) is 0 Å². The van der Waals surface area contributed by atoms with Gasteiger partial charge in [0, 0.05) is 24.4 Å². The molecule has 3 rings (SSSR count). The summed E-state index contributed by atoms with van der Waals surface area (Å²) in [5.41, 5.74) is 1.81. The molecule has 0 fully saturated rings. The molecule has 2 heterocycles. The summed E-state index contributed by atoms with van der Waals surface area (Å²) in [7, 11) is 0. The van der Waals surface area contributed by atoms with Crippen LogP contribution >= 0.6 is 11.6 Å². The Labute approximate surface area is 178 Å². The van der Waals surface area contributed by atoms with Crippen molar-refractivity contribution in [3.05, 3.63) is 82.5 Å². The topological polar surface area (TPSA) is 104 Å². The van der Waals surface area contributed by atoms with Gasteiger partial charge in [-0.05, 0) is 42.8 Å². The predicted octanol–water partition coefficient (Wildman–Crippen LogP) is 3.18. The molecule has 7 nitrogen and oxygen atoms in total. The summed E-state index contributed by atoms with van der Waals surface area (Å²) >= 11 is 6.10. The molecule has 2 aromatic heterocycles. The lowest BCUT2D eigenvalue weighted by Crippen LogP contribution is -2.36. The molecule has 0 saturated heterocycles. The fourth-order valence-electron chi connectivity index (χ4n) is 2.73. The number of aryl methyl sites for hydroxylation is 1. The summed E-state index contributed by atoms with van der Waals surface area (Å²) in [6.07, 6.45) is 2.98. The maximum atomic E-state index is 12.7. The van der Waals surface area contributed by atoms with E-state index in [0.717, 1.165) is 5.56 Å². The molecule has 0 bridgehead atoms. The number of carbonyl (C=O) groups is 2. The van der Waals surface area contributed by atoms with Crippen LogP contribution in [0.15, 0.2) is 64.8 Å². The van der Waals surface area contributed by atoms with E-state index in [0.29, 0.717) is 22.6 Å². The van der Waals surface area contributed by atoms with Gasteiger partial charge in [0.25, 0.3) is 11.8 Å². The van der Waals surface area contributed by atoms with E-state index in [1.165, 1.54) is 6.08 Å². The van der Waals surface area contributed by atoms with Crippen molar-refractivity contribution in [2.24, 2.45) is 0 Å². The lowest BCUT2D eigenvalue weighted by atomic mass is 10.1. The summed E-state index contributed by atoms with van der Waals surface area (Å²) in [5, 5.41) is 14.4. The monoisotopic (exact) mass is 425 g/mol. The van der Waals surface area contributed by atoms with Crippen LogP contribution in [0, 0.1) is 6.92 Å². The van der Waals surface area contributed by atoms with E-state index in [2.05, 4.69) is 15.6 Å². The molecule has 3 aromatic rings. The average molecular weight is 426 g/mol. The van der Waals surface area contributed by atoms with Crippen LogP contribution in [0.5, 0.6) is 0 Å². The number of furan rings is 1. The first-order valence-corrected chi connectivity index (χ1v) is 9.56. The zero-order chi connectivity index (χ0) is 21.5. The van der Waals surface area contributed by atoms with Crippen molar-refractivity contribution in [1.82, 2.24) is 15.6 Å². The number of benzene rings is 1. The average Bonchev–Trinajstić information content (AvgIpc) is 3.20. The number of aliphatic hydroxyl groups excluding tert-OH is 1. The van der Waals surface area contributed by atoms with Gasteiger partial charge in [-0.25, -0.2) is 4.98 Å². The van der Waals surface area contributed by atoms with Gasteiger partial charge in [-0.15, -0.1) is 0 Å². The van der Waals surface area contributed by atoms with Crippen LogP contribution in [-0.2, 0) is 4.79 Å². The molecule has 0 aliphatic heterocycles. The fourth-order valence-corrected chi connectivity index (χ4v) is 2.94. The quantitative estimate of drug-likeness (QED) is 0.398. The second kappa shape index (κ2) is 9.87. The highest BCUT2D eigenvalue weighted by Crippen LogP contribution is 2.28. The SMILES string of the molecule is Cc1ccccc1C(=O)N/C(=C/c1ccc(-c2cccnc2Cl)o1)C(=O)NCCO. The van der Waals surface area contributed by atoms with E-state index in [4.69, 9.17) is 21.1 Å². The Morgan fingerprint density at radius 1 is 1.17 bits per heavy atom. The fraction of sp³-hybridized carbons (Fsp3) is 0.136. The van der Waals surface area contributed by atoms with Crippen LogP contribution < -0.4 is 10.6 Å². The van der Waals surface area contributed by atoms with Crippen molar-refractivity contribution in [2.75, 3.05) is 13.2 Å². The zero-order valence-electron chi connectivity index (χ0n) is 16.2. The van der Waals surface area contributed by atoms with Crippen molar-refractivity contribution in [3.63, 3.8) is 0 Å². The van der Waals surface area contributed by atoms with Crippen LogP contribution in [0.25, 0.3) is 17.4 Å². The van der Waals surface area contributed by atoms with Gasteiger partial charge in [-0.2, -0.15) is 0 Å². The van der Waals surface area contributed by atoms with Crippen molar-refractivity contribution in [3.8, 4) is 11.3 Å². The van der Waals surface area contributed by atoms with Gasteiger partial charge in [-0.3, -0.25) is 9.59 Å². The van der Waals surface area contributed by atoms with Crippen molar-refractivity contribution in [2.45, 2.75) is 6.92 Å². The van der Waals surface area contributed by atoms with E-state index in [9.17, 15) is 9.59 Å². The summed E-state index contributed by atoms with van der Waals surface area (Å²) in [4.78, 5) is 29.2. The van der Waals surface area contributed by atoms with Gasteiger partial charge in [0.1, 0.15) is 22.4 Å². The first-order chi connectivity index (χ1) is 14.5. The number of aliphatic hydroxyl groups is 1. The number of amides is 2. The number of nitrogens with zero attached hydrogens (tertiary/aromatic N) is 1. The first kappa shape index (κ1) is 21.3. The standard InChI is InChI=1S/C22H20ClN3O4/c1-14-5-2-3-6-16(14)21(28)26-18(22(29)25-11-12-27)13-15-8-9-19(30-15)17-7-4-10-24-20(17)23/h2-10,13,27H,11-12H2,1H3,(H,25,29)(H,26,28)/b18-13+. The number of hydrogen-bond donors (Lipinski definition) is 3. The van der Waals surface area contributed by atoms with Gasteiger partial charge >= 0.3 is 0 Å². The molecule has 1 aromatic carbocycles. The summed E-state index contributed by atoms with van der Waals surface area (Å²) in [5.74, 6) is -0.173. The molecule has 8 heteroatoms. The first-order valence-electron chi connectivity index (χ1n) is 9.18. The van der Waals surface area contributed by atoms with Crippen molar-refractivity contribution < 1.29 is 19.1 Å². The molecule has 30 heavy (non-hydrogen) atoms. The lowest BCUT2D eigenvalue weighted by molar-refractivity contribution is -0.117. The van der Waals surface area contributed by atoms with Crippen LogP contribution in [0.3, 0.4) is 0 Å². The van der Waals surface area contributed by atoms with Crippen LogP contribution in [0.1, 0.15) is 21.7 Å². The Kier molecular flexibility index (Phi) is 7.00. The minimum absolute atomic E-state index is 0.0186. The second-order valence-electron chi connectivity index (χ2n) is 6.35. The van der Waals surface area contributed by atoms with Crippen LogP contribution in [0.4, 0.5) is 0 Å². The van der Waals surface area contributed by atoms with Gasteiger partial charge in [-0.1, -0.05) is 29.8 Å². The number of aromatic nitrogens is 1. The zero-order valence-corrected chi connectivity index (χ0v) is 16.9. The smallest absolute Gasteiger partial charge is 0.268 e. The van der Waals surface area contributed by atoms with Gasteiger partial charge < -0.3 is 20.2 Å². The highest BCUT2D eigenvalue weighted by molar-refractivity contribution is 6.31. The minimum atomic E-state index is -0.552. The molecule has 2 amide bonds. The highest BCUT2D eigenvalue weighted by atomic mass is 35.5. The van der Waals surface area contributed by atoms with Gasteiger partial charge in [0.05, 0.1) is 12.2 Å². The molecular formula is C22H20ClN3O4. The summed E-state index contributed by atoms with van der Waals surface area (Å²) in [6, 6.07) is 13.9. The molecule has 0 aliphatic carbocycles. The largest absolute Gasteiger partial charge is 0.457 e. The van der Waals surface area contributed by atoms with Crippen molar-refractivity contribution in [1.29, 1.82) is 0 Å². The maximum absolute atomic E-state index is 12.7. The number of halogens is 1.